The van der Waals surface area contributed by atoms with E-state index in [9.17, 15) is 0 Å². The van der Waals surface area contributed by atoms with E-state index in [4.69, 9.17) is 0 Å². The van der Waals surface area contributed by atoms with Gasteiger partial charge in [-0.15, -0.1) is 0 Å². The first-order valence-corrected chi connectivity index (χ1v) is 10.2. The number of nitrogens with zero attached hydrogens (tertiary/aromatic N) is 3. The number of benzene rings is 2. The first kappa shape index (κ1) is 17.3. The van der Waals surface area contributed by atoms with Gasteiger partial charge in [0.1, 0.15) is 0 Å². The number of para-hydroxylation sites is 1. The third-order valence-electron chi connectivity index (χ3n) is 6.01. The molecule has 0 saturated carbocycles. The number of aromatic nitrogens is 3. The minimum Gasteiger partial charge on any atom is -0.357 e. The number of hydrogen-bond donors (Lipinski definition) is 1. The van der Waals surface area contributed by atoms with E-state index in [0.717, 1.165) is 32.5 Å². The van der Waals surface area contributed by atoms with Crippen molar-refractivity contribution in [1.29, 1.82) is 0 Å². The lowest BCUT2D eigenvalue weighted by molar-refractivity contribution is 0.203. The molecule has 0 fully saturated rings. The van der Waals surface area contributed by atoms with E-state index >= 15 is 0 Å². The van der Waals surface area contributed by atoms with Gasteiger partial charge in [-0.05, 0) is 48.6 Å². The predicted molar refractivity (Wildman–Crippen MR) is 113 cm³/mol. The number of hydrogen-bond acceptors (Lipinski definition) is 2. The minimum atomic E-state index is 0.287. The number of aryl methyl sites for hydroxylation is 2. The van der Waals surface area contributed by atoms with E-state index in [-0.39, 0.29) is 6.04 Å². The monoisotopic (exact) mass is 370 g/mol. The summed E-state index contributed by atoms with van der Waals surface area (Å²) < 4.78 is 2.03. The maximum absolute atomic E-state index is 4.35. The summed E-state index contributed by atoms with van der Waals surface area (Å²) in [5, 5.41) is 5.73. The second kappa shape index (κ2) is 7.28. The highest BCUT2D eigenvalue weighted by molar-refractivity contribution is 5.85. The van der Waals surface area contributed by atoms with Gasteiger partial charge in [-0.25, -0.2) is 0 Å². The summed E-state index contributed by atoms with van der Waals surface area (Å²) in [4.78, 5) is 6.41. The van der Waals surface area contributed by atoms with Gasteiger partial charge in [-0.3, -0.25) is 9.58 Å². The third kappa shape index (κ3) is 3.04. The lowest BCUT2D eigenvalue weighted by Gasteiger charge is -2.37. The summed E-state index contributed by atoms with van der Waals surface area (Å²) in [6, 6.07) is 19.8. The fraction of sp³-hybridized carbons (Fsp3) is 0.292. The molecule has 0 unspecified atom stereocenters. The van der Waals surface area contributed by atoms with Crippen molar-refractivity contribution in [2.75, 3.05) is 13.1 Å². The van der Waals surface area contributed by atoms with Crippen LogP contribution in [0.3, 0.4) is 0 Å². The van der Waals surface area contributed by atoms with Crippen molar-refractivity contribution in [3.8, 4) is 0 Å². The summed E-state index contributed by atoms with van der Waals surface area (Å²) in [5.41, 5.74) is 6.89. The lowest BCUT2D eigenvalue weighted by Crippen LogP contribution is -2.37. The third-order valence-corrected chi connectivity index (χ3v) is 6.01. The van der Waals surface area contributed by atoms with Crippen molar-refractivity contribution >= 4 is 10.9 Å². The molecule has 0 saturated heterocycles. The highest BCUT2D eigenvalue weighted by atomic mass is 15.3. The molecule has 0 spiro atoms. The van der Waals surface area contributed by atoms with Crippen molar-refractivity contribution in [2.24, 2.45) is 0 Å². The molecule has 28 heavy (non-hydrogen) atoms. The van der Waals surface area contributed by atoms with E-state index in [0.29, 0.717) is 0 Å². The Morgan fingerprint density at radius 3 is 2.75 bits per heavy atom. The SMILES string of the molecule is Cc1ccccc1[C@@H]1c2[nH]c3ccccc3c2CCN1CCCn1cccn1. The number of aromatic amines is 1. The van der Waals surface area contributed by atoms with E-state index in [1.807, 2.05) is 23.1 Å². The van der Waals surface area contributed by atoms with Gasteiger partial charge in [-0.1, -0.05) is 42.5 Å². The number of H-pyrrole nitrogens is 1. The molecule has 2 aromatic heterocycles. The quantitative estimate of drug-likeness (QED) is 0.552. The van der Waals surface area contributed by atoms with Gasteiger partial charge in [-0.2, -0.15) is 5.10 Å². The molecule has 4 aromatic rings. The van der Waals surface area contributed by atoms with Gasteiger partial charge in [0.15, 0.2) is 0 Å². The molecule has 0 radical (unpaired) electrons. The van der Waals surface area contributed by atoms with Crippen LogP contribution in [0.25, 0.3) is 10.9 Å². The average molecular weight is 371 g/mol. The zero-order valence-corrected chi connectivity index (χ0v) is 16.3. The maximum Gasteiger partial charge on any atom is 0.0760 e. The molecule has 4 nitrogen and oxygen atoms in total. The van der Waals surface area contributed by atoms with Crippen molar-refractivity contribution in [3.63, 3.8) is 0 Å². The topological polar surface area (TPSA) is 36.9 Å². The van der Waals surface area contributed by atoms with Crippen LogP contribution in [0.15, 0.2) is 67.0 Å². The molecule has 3 heterocycles. The molecule has 2 aromatic carbocycles. The number of fused-ring (bicyclic) bond motifs is 3. The summed E-state index contributed by atoms with van der Waals surface area (Å²) in [5.74, 6) is 0. The Hall–Kier alpha value is -2.85. The zero-order chi connectivity index (χ0) is 18.9. The first-order valence-electron chi connectivity index (χ1n) is 10.2. The molecule has 0 aliphatic carbocycles. The minimum absolute atomic E-state index is 0.287. The van der Waals surface area contributed by atoms with E-state index in [1.54, 1.807) is 0 Å². The summed E-state index contributed by atoms with van der Waals surface area (Å²) in [6.45, 7) is 5.35. The molecule has 1 aliphatic heterocycles. The normalized spacial score (nSPS) is 17.1. The Labute approximate surface area is 165 Å². The number of rotatable bonds is 5. The number of nitrogens with one attached hydrogen (secondary N) is 1. The van der Waals surface area contributed by atoms with Crippen LogP contribution in [0.4, 0.5) is 0 Å². The Kier molecular flexibility index (Phi) is 4.49. The average Bonchev–Trinajstić information content (AvgIpc) is 3.36. The van der Waals surface area contributed by atoms with Crippen LogP contribution in [-0.2, 0) is 13.0 Å². The summed E-state index contributed by atoms with van der Waals surface area (Å²) >= 11 is 0. The highest BCUT2D eigenvalue weighted by Gasteiger charge is 2.31. The standard InChI is InChI=1S/C24H26N4/c1-18-8-2-3-9-19(18)24-23-21(20-10-4-5-11-22(20)26-23)12-17-27(24)14-7-16-28-15-6-13-25-28/h2-6,8-11,13,15,24,26H,7,12,14,16-17H2,1H3/t24-/m1/s1. The van der Waals surface area contributed by atoms with Gasteiger partial charge in [0.2, 0.25) is 0 Å². The molecule has 1 aliphatic rings. The second-order valence-corrected chi connectivity index (χ2v) is 7.73. The second-order valence-electron chi connectivity index (χ2n) is 7.73. The van der Waals surface area contributed by atoms with E-state index in [2.05, 4.69) is 70.4 Å². The predicted octanol–water partition coefficient (Wildman–Crippen LogP) is 4.71. The van der Waals surface area contributed by atoms with E-state index in [1.165, 1.54) is 33.3 Å². The molecular weight excluding hydrogens is 344 g/mol. The first-order chi connectivity index (χ1) is 13.8. The van der Waals surface area contributed by atoms with Crippen LogP contribution in [0.2, 0.25) is 0 Å². The van der Waals surface area contributed by atoms with Crippen LogP contribution in [-0.4, -0.2) is 32.8 Å². The lowest BCUT2D eigenvalue weighted by atomic mass is 9.90. The van der Waals surface area contributed by atoms with Gasteiger partial charge < -0.3 is 4.98 Å². The Balaban J connectivity index is 1.51. The van der Waals surface area contributed by atoms with Gasteiger partial charge in [0.25, 0.3) is 0 Å². The van der Waals surface area contributed by atoms with Crippen LogP contribution >= 0.6 is 0 Å². The van der Waals surface area contributed by atoms with Gasteiger partial charge >= 0.3 is 0 Å². The molecule has 5 rings (SSSR count). The van der Waals surface area contributed by atoms with Gasteiger partial charge in [0, 0.05) is 48.6 Å². The van der Waals surface area contributed by atoms with Crippen LogP contribution in [0.1, 0.15) is 34.8 Å². The van der Waals surface area contributed by atoms with Crippen molar-refractivity contribution in [3.05, 3.63) is 89.4 Å². The molecule has 142 valence electrons. The Morgan fingerprint density at radius 1 is 1.04 bits per heavy atom. The molecule has 0 amide bonds. The Morgan fingerprint density at radius 2 is 1.89 bits per heavy atom. The maximum atomic E-state index is 4.35. The van der Waals surface area contributed by atoms with Crippen molar-refractivity contribution in [2.45, 2.75) is 32.4 Å². The fourth-order valence-electron chi connectivity index (χ4n) is 4.65. The van der Waals surface area contributed by atoms with Crippen molar-refractivity contribution < 1.29 is 0 Å². The Bertz CT molecular complexity index is 1080. The van der Waals surface area contributed by atoms with Crippen LogP contribution in [0, 0.1) is 6.92 Å². The van der Waals surface area contributed by atoms with Crippen LogP contribution < -0.4 is 0 Å². The van der Waals surface area contributed by atoms with Gasteiger partial charge in [0.05, 0.1) is 6.04 Å². The zero-order valence-electron chi connectivity index (χ0n) is 16.3. The summed E-state index contributed by atoms with van der Waals surface area (Å²) in [7, 11) is 0. The fourth-order valence-corrected chi connectivity index (χ4v) is 4.65. The van der Waals surface area contributed by atoms with Crippen molar-refractivity contribution in [1.82, 2.24) is 19.7 Å². The summed E-state index contributed by atoms with van der Waals surface area (Å²) in [6.07, 6.45) is 6.10. The largest absolute Gasteiger partial charge is 0.357 e. The molecular formula is C24H26N4. The molecule has 1 atom stereocenters. The van der Waals surface area contributed by atoms with Crippen LogP contribution in [0.5, 0.6) is 0 Å². The smallest absolute Gasteiger partial charge is 0.0760 e. The van der Waals surface area contributed by atoms with E-state index < -0.39 is 0 Å². The highest BCUT2D eigenvalue weighted by Crippen LogP contribution is 2.39. The molecule has 0 bridgehead atoms. The molecule has 4 heteroatoms. The molecule has 1 N–H and O–H groups in total.